The zero-order valence-electron chi connectivity index (χ0n) is 10.5. The van der Waals surface area contributed by atoms with Crippen molar-refractivity contribution in [3.8, 4) is 17.4 Å². The minimum Gasteiger partial charge on any atom is -0.496 e. The number of benzene rings is 1. The van der Waals surface area contributed by atoms with Crippen LogP contribution in [0.2, 0.25) is 5.02 Å². The van der Waals surface area contributed by atoms with Crippen LogP contribution in [-0.2, 0) is 6.54 Å². The van der Waals surface area contributed by atoms with Crippen molar-refractivity contribution in [2.24, 2.45) is 5.73 Å². The van der Waals surface area contributed by atoms with Gasteiger partial charge in [-0.3, -0.25) is 0 Å². The molecule has 0 saturated carbocycles. The van der Waals surface area contributed by atoms with E-state index in [4.69, 9.17) is 26.8 Å². The summed E-state index contributed by atoms with van der Waals surface area (Å²) in [6.07, 6.45) is 1.63. The quantitative estimate of drug-likeness (QED) is 0.787. The highest BCUT2D eigenvalue weighted by molar-refractivity contribution is 9.11. The van der Waals surface area contributed by atoms with Gasteiger partial charge in [-0.05, 0) is 55.6 Å². The lowest BCUT2D eigenvalue weighted by atomic mass is 10.3. The Morgan fingerprint density at radius 3 is 2.45 bits per heavy atom. The molecule has 2 N–H and O–H groups in total. The average molecular weight is 423 g/mol. The van der Waals surface area contributed by atoms with Gasteiger partial charge in [0.2, 0.25) is 5.88 Å². The minimum absolute atomic E-state index is 0.321. The predicted molar refractivity (Wildman–Crippen MR) is 85.6 cm³/mol. The summed E-state index contributed by atoms with van der Waals surface area (Å²) in [5.41, 5.74) is 6.37. The summed E-state index contributed by atoms with van der Waals surface area (Å²) in [5, 5.41) is 0.409. The molecule has 20 heavy (non-hydrogen) atoms. The zero-order chi connectivity index (χ0) is 14.7. The van der Waals surface area contributed by atoms with Gasteiger partial charge in [-0.1, -0.05) is 11.6 Å². The van der Waals surface area contributed by atoms with E-state index in [0.29, 0.717) is 28.9 Å². The van der Waals surface area contributed by atoms with Crippen LogP contribution in [0, 0.1) is 0 Å². The average Bonchev–Trinajstić information content (AvgIpc) is 2.44. The lowest BCUT2D eigenvalue weighted by Crippen LogP contribution is -1.98. The third kappa shape index (κ3) is 3.44. The molecule has 0 unspecified atom stereocenters. The molecule has 1 heterocycles. The molecular formula is C13H11Br2ClN2O2. The van der Waals surface area contributed by atoms with Crippen LogP contribution < -0.4 is 15.2 Å². The van der Waals surface area contributed by atoms with Gasteiger partial charge in [0, 0.05) is 12.7 Å². The molecule has 0 bridgehead atoms. The number of aromatic nitrogens is 1. The maximum Gasteiger partial charge on any atom is 0.238 e. The van der Waals surface area contributed by atoms with E-state index in [1.807, 2.05) is 0 Å². The third-order valence-corrected chi connectivity index (χ3v) is 4.02. The highest BCUT2D eigenvalue weighted by atomic mass is 79.9. The van der Waals surface area contributed by atoms with Gasteiger partial charge in [0.1, 0.15) is 16.5 Å². The minimum atomic E-state index is 0.321. The molecule has 0 fully saturated rings. The van der Waals surface area contributed by atoms with Crippen molar-refractivity contribution in [2.75, 3.05) is 7.11 Å². The molecule has 0 saturated heterocycles. The van der Waals surface area contributed by atoms with E-state index in [9.17, 15) is 0 Å². The van der Waals surface area contributed by atoms with Crippen LogP contribution in [0.25, 0.3) is 0 Å². The Bertz CT molecular complexity index is 638. The Morgan fingerprint density at radius 1 is 1.20 bits per heavy atom. The first-order valence-corrected chi connectivity index (χ1v) is 7.57. The van der Waals surface area contributed by atoms with Gasteiger partial charge < -0.3 is 15.2 Å². The summed E-state index contributed by atoms with van der Waals surface area (Å²) in [7, 11) is 1.59. The van der Waals surface area contributed by atoms with Crippen LogP contribution in [0.5, 0.6) is 17.4 Å². The van der Waals surface area contributed by atoms with Crippen LogP contribution in [0.3, 0.4) is 0 Å². The van der Waals surface area contributed by atoms with Crippen LogP contribution in [0.1, 0.15) is 5.56 Å². The van der Waals surface area contributed by atoms with Crippen molar-refractivity contribution < 1.29 is 9.47 Å². The second-order valence-corrected chi connectivity index (χ2v) is 5.97. The molecule has 0 atom stereocenters. The van der Waals surface area contributed by atoms with Gasteiger partial charge in [0.25, 0.3) is 0 Å². The summed E-state index contributed by atoms with van der Waals surface area (Å²) < 4.78 is 12.4. The number of nitrogens with zero attached hydrogens (tertiary/aromatic N) is 1. The van der Waals surface area contributed by atoms with Crippen LogP contribution in [0.4, 0.5) is 0 Å². The fourth-order valence-corrected chi connectivity index (χ4v) is 2.62. The van der Waals surface area contributed by atoms with E-state index in [-0.39, 0.29) is 0 Å². The zero-order valence-corrected chi connectivity index (χ0v) is 14.4. The van der Waals surface area contributed by atoms with E-state index in [2.05, 4.69) is 36.8 Å². The SMILES string of the molecule is COc1cc(Br)c(Oc2ncc(CN)cc2Cl)cc1Br. The molecule has 0 amide bonds. The Balaban J connectivity index is 2.32. The Kier molecular flexibility index (Phi) is 5.26. The monoisotopic (exact) mass is 420 g/mol. The molecule has 1 aromatic heterocycles. The molecule has 2 rings (SSSR count). The number of pyridine rings is 1. The summed E-state index contributed by atoms with van der Waals surface area (Å²) in [5.74, 6) is 1.59. The number of halogens is 3. The summed E-state index contributed by atoms with van der Waals surface area (Å²) in [6.45, 7) is 0.380. The fraction of sp³-hybridized carbons (Fsp3) is 0.154. The van der Waals surface area contributed by atoms with E-state index < -0.39 is 0 Å². The molecule has 2 aromatic rings. The highest BCUT2D eigenvalue weighted by Crippen LogP contribution is 2.39. The van der Waals surface area contributed by atoms with E-state index in [1.165, 1.54) is 0 Å². The van der Waals surface area contributed by atoms with E-state index in [0.717, 1.165) is 14.5 Å². The fourth-order valence-electron chi connectivity index (χ4n) is 1.50. The largest absolute Gasteiger partial charge is 0.496 e. The molecule has 0 aliphatic carbocycles. The first-order chi connectivity index (χ1) is 9.55. The van der Waals surface area contributed by atoms with Crippen molar-refractivity contribution >= 4 is 43.5 Å². The number of hydrogen-bond acceptors (Lipinski definition) is 4. The number of methoxy groups -OCH3 is 1. The lowest BCUT2D eigenvalue weighted by Gasteiger charge is -2.11. The topological polar surface area (TPSA) is 57.4 Å². The standard InChI is InChI=1S/C13H11Br2ClN2O2/c1-19-11-3-9(15)12(4-8(11)14)20-13-10(16)2-7(5-17)6-18-13/h2-4,6H,5,17H2,1H3. The summed E-state index contributed by atoms with van der Waals surface area (Å²) in [6, 6.07) is 5.30. The first-order valence-electron chi connectivity index (χ1n) is 5.60. The Labute approximate surface area is 138 Å². The molecule has 7 heteroatoms. The molecule has 4 nitrogen and oxygen atoms in total. The number of nitrogens with two attached hydrogens (primary N) is 1. The van der Waals surface area contributed by atoms with E-state index >= 15 is 0 Å². The van der Waals surface area contributed by atoms with Crippen LogP contribution >= 0.6 is 43.5 Å². The second kappa shape index (κ2) is 6.76. The summed E-state index contributed by atoms with van der Waals surface area (Å²) in [4.78, 5) is 4.16. The molecule has 0 aliphatic rings. The van der Waals surface area contributed by atoms with Gasteiger partial charge >= 0.3 is 0 Å². The second-order valence-electron chi connectivity index (χ2n) is 3.85. The van der Waals surface area contributed by atoms with Crippen molar-refractivity contribution in [3.05, 3.63) is 43.9 Å². The maximum atomic E-state index is 6.11. The maximum absolute atomic E-state index is 6.11. The van der Waals surface area contributed by atoms with Crippen molar-refractivity contribution in [1.82, 2.24) is 4.98 Å². The van der Waals surface area contributed by atoms with Gasteiger partial charge in [-0.2, -0.15) is 0 Å². The van der Waals surface area contributed by atoms with Gasteiger partial charge in [-0.15, -0.1) is 0 Å². The van der Waals surface area contributed by atoms with Crippen LogP contribution in [0.15, 0.2) is 33.3 Å². The smallest absolute Gasteiger partial charge is 0.238 e. The lowest BCUT2D eigenvalue weighted by molar-refractivity contribution is 0.408. The molecular weight excluding hydrogens is 411 g/mol. The first kappa shape index (κ1) is 15.6. The normalized spacial score (nSPS) is 10.4. The number of hydrogen-bond donors (Lipinski definition) is 1. The molecule has 106 valence electrons. The van der Waals surface area contributed by atoms with Gasteiger partial charge in [0.05, 0.1) is 16.1 Å². The van der Waals surface area contributed by atoms with Crippen molar-refractivity contribution in [3.63, 3.8) is 0 Å². The Hall–Kier alpha value is -0.820. The van der Waals surface area contributed by atoms with Gasteiger partial charge in [-0.25, -0.2) is 4.98 Å². The van der Waals surface area contributed by atoms with Crippen LogP contribution in [-0.4, -0.2) is 12.1 Å². The number of ether oxygens (including phenoxy) is 2. The molecule has 0 radical (unpaired) electrons. The summed E-state index contributed by atoms with van der Waals surface area (Å²) >= 11 is 12.9. The van der Waals surface area contributed by atoms with E-state index in [1.54, 1.807) is 31.5 Å². The molecule has 1 aromatic carbocycles. The Morgan fingerprint density at radius 2 is 1.85 bits per heavy atom. The number of rotatable bonds is 4. The van der Waals surface area contributed by atoms with Gasteiger partial charge in [0.15, 0.2) is 0 Å². The van der Waals surface area contributed by atoms with Crippen molar-refractivity contribution in [2.45, 2.75) is 6.54 Å². The highest BCUT2D eigenvalue weighted by Gasteiger charge is 2.12. The van der Waals surface area contributed by atoms with Crippen molar-refractivity contribution in [1.29, 1.82) is 0 Å². The third-order valence-electron chi connectivity index (χ3n) is 2.51. The predicted octanol–water partition coefficient (Wildman–Crippen LogP) is 4.52. The molecule has 0 spiro atoms. The molecule has 0 aliphatic heterocycles.